The largest absolute Gasteiger partial charge is 0.394 e. The Morgan fingerprint density at radius 3 is 2.47 bits per heavy atom. The summed E-state index contributed by atoms with van der Waals surface area (Å²) in [6.45, 7) is 11.4. The molecule has 2 unspecified atom stereocenters. The predicted octanol–water partition coefficient (Wildman–Crippen LogP) is 3.36. The molecule has 0 fully saturated rings. The van der Waals surface area contributed by atoms with Crippen molar-refractivity contribution in [1.29, 1.82) is 0 Å². The minimum atomic E-state index is -0.193. The summed E-state index contributed by atoms with van der Waals surface area (Å²) in [5, 5.41) is 12.9. The van der Waals surface area contributed by atoms with E-state index < -0.39 is 0 Å². The molecule has 0 rings (SSSR count). The molecular weight excluding hydrogens is 238 g/mol. The molecule has 0 saturated carbocycles. The van der Waals surface area contributed by atoms with Crippen molar-refractivity contribution < 1.29 is 9.84 Å². The van der Waals surface area contributed by atoms with E-state index in [4.69, 9.17) is 4.74 Å². The molecule has 0 bridgehead atoms. The van der Waals surface area contributed by atoms with Crippen molar-refractivity contribution in [3.63, 3.8) is 0 Å². The Bertz CT molecular complexity index is 199. The Balaban J connectivity index is 3.79. The first-order valence-electron chi connectivity index (χ1n) is 8.05. The van der Waals surface area contributed by atoms with Crippen LogP contribution >= 0.6 is 0 Å². The van der Waals surface area contributed by atoms with Crippen LogP contribution in [0.2, 0.25) is 0 Å². The van der Waals surface area contributed by atoms with Crippen LogP contribution in [0.5, 0.6) is 0 Å². The zero-order valence-electron chi connectivity index (χ0n) is 13.5. The average Bonchev–Trinajstić information content (AvgIpc) is 2.44. The summed E-state index contributed by atoms with van der Waals surface area (Å²) in [7, 11) is 0. The van der Waals surface area contributed by atoms with Gasteiger partial charge in [0.15, 0.2) is 0 Å². The molecule has 3 heteroatoms. The maximum absolute atomic E-state index is 9.46. The molecule has 19 heavy (non-hydrogen) atoms. The van der Waals surface area contributed by atoms with Gasteiger partial charge in [-0.25, -0.2) is 0 Å². The molecule has 0 aliphatic heterocycles. The van der Waals surface area contributed by atoms with Gasteiger partial charge in [0.25, 0.3) is 0 Å². The Labute approximate surface area is 120 Å². The highest BCUT2D eigenvalue weighted by Gasteiger charge is 2.21. The molecule has 0 aromatic carbocycles. The summed E-state index contributed by atoms with van der Waals surface area (Å²) in [5.41, 5.74) is -0.193. The summed E-state index contributed by atoms with van der Waals surface area (Å²) in [4.78, 5) is 0. The van der Waals surface area contributed by atoms with Crippen molar-refractivity contribution >= 4 is 0 Å². The van der Waals surface area contributed by atoms with E-state index in [1.165, 1.54) is 25.7 Å². The second-order valence-electron chi connectivity index (χ2n) is 5.89. The third-order valence-corrected chi connectivity index (χ3v) is 3.85. The Morgan fingerprint density at radius 1 is 1.21 bits per heavy atom. The molecule has 0 heterocycles. The van der Waals surface area contributed by atoms with Crippen LogP contribution in [-0.4, -0.2) is 37.0 Å². The number of hydrogen-bond acceptors (Lipinski definition) is 3. The molecule has 0 saturated heterocycles. The van der Waals surface area contributed by atoms with Crippen LogP contribution in [0.4, 0.5) is 0 Å². The zero-order chi connectivity index (χ0) is 14.6. The normalized spacial score (nSPS) is 16.3. The summed E-state index contributed by atoms with van der Waals surface area (Å²) in [5.74, 6) is 0.698. The van der Waals surface area contributed by atoms with Gasteiger partial charge in [-0.2, -0.15) is 0 Å². The predicted molar refractivity (Wildman–Crippen MR) is 82.5 cm³/mol. The van der Waals surface area contributed by atoms with E-state index in [-0.39, 0.29) is 12.1 Å². The molecule has 0 aromatic rings. The highest BCUT2D eigenvalue weighted by molar-refractivity contribution is 4.81. The van der Waals surface area contributed by atoms with Crippen LogP contribution in [0.1, 0.15) is 66.2 Å². The smallest absolute Gasteiger partial charge is 0.0611 e. The van der Waals surface area contributed by atoms with E-state index in [1.54, 1.807) is 0 Å². The Morgan fingerprint density at radius 2 is 1.95 bits per heavy atom. The van der Waals surface area contributed by atoms with Gasteiger partial charge in [-0.3, -0.25) is 0 Å². The molecule has 0 aromatic heterocycles. The van der Waals surface area contributed by atoms with Gasteiger partial charge in [0.1, 0.15) is 0 Å². The van der Waals surface area contributed by atoms with E-state index in [1.807, 2.05) is 0 Å². The van der Waals surface area contributed by atoms with Gasteiger partial charge in [-0.1, -0.05) is 40.0 Å². The van der Waals surface area contributed by atoms with Crippen LogP contribution in [0.3, 0.4) is 0 Å². The van der Waals surface area contributed by atoms with Gasteiger partial charge in [-0.05, 0) is 38.6 Å². The summed E-state index contributed by atoms with van der Waals surface area (Å²) < 4.78 is 5.81. The molecule has 0 aliphatic carbocycles. The van der Waals surface area contributed by atoms with E-state index in [2.05, 4.69) is 33.0 Å². The summed E-state index contributed by atoms with van der Waals surface area (Å²) in [6.07, 6.45) is 7.00. The van der Waals surface area contributed by atoms with Gasteiger partial charge in [0.05, 0.1) is 6.61 Å². The average molecular weight is 273 g/mol. The van der Waals surface area contributed by atoms with Crippen molar-refractivity contribution in [1.82, 2.24) is 5.32 Å². The quantitative estimate of drug-likeness (QED) is 0.506. The minimum absolute atomic E-state index is 0.170. The summed E-state index contributed by atoms with van der Waals surface area (Å²) in [6, 6.07) is 0. The van der Waals surface area contributed by atoms with Gasteiger partial charge >= 0.3 is 0 Å². The molecule has 2 atom stereocenters. The fourth-order valence-corrected chi connectivity index (χ4v) is 2.10. The fourth-order valence-electron chi connectivity index (χ4n) is 2.10. The van der Waals surface area contributed by atoms with Crippen LogP contribution in [-0.2, 0) is 4.74 Å². The Kier molecular flexibility index (Phi) is 11.6. The topological polar surface area (TPSA) is 41.5 Å². The molecule has 0 radical (unpaired) electrons. The third-order valence-electron chi connectivity index (χ3n) is 3.85. The standard InChI is InChI=1S/C16H35NO2/c1-5-8-9-15(7-3)13-19-12-10-16(4,14-18)17-11-6-2/h15,17-18H,5-14H2,1-4H3. The van der Waals surface area contributed by atoms with Gasteiger partial charge in [0, 0.05) is 18.8 Å². The Hall–Kier alpha value is -0.120. The first-order chi connectivity index (χ1) is 9.11. The lowest BCUT2D eigenvalue weighted by Crippen LogP contribution is -2.47. The molecule has 0 aliphatic rings. The minimum Gasteiger partial charge on any atom is -0.394 e. The van der Waals surface area contributed by atoms with Crippen molar-refractivity contribution in [2.24, 2.45) is 5.92 Å². The van der Waals surface area contributed by atoms with Crippen LogP contribution in [0.15, 0.2) is 0 Å². The second-order valence-corrected chi connectivity index (χ2v) is 5.89. The van der Waals surface area contributed by atoms with Crippen LogP contribution in [0.25, 0.3) is 0 Å². The molecule has 0 spiro atoms. The van der Waals surface area contributed by atoms with E-state index in [0.717, 1.165) is 32.6 Å². The highest BCUT2D eigenvalue weighted by Crippen LogP contribution is 2.14. The van der Waals surface area contributed by atoms with E-state index >= 15 is 0 Å². The van der Waals surface area contributed by atoms with Crippen molar-refractivity contribution in [3.8, 4) is 0 Å². The maximum Gasteiger partial charge on any atom is 0.0611 e. The number of unbranched alkanes of at least 4 members (excludes halogenated alkanes) is 1. The lowest BCUT2D eigenvalue weighted by atomic mass is 9.99. The molecular formula is C16H35NO2. The molecule has 3 nitrogen and oxygen atoms in total. The van der Waals surface area contributed by atoms with Crippen LogP contribution in [0, 0.1) is 5.92 Å². The van der Waals surface area contributed by atoms with E-state index in [0.29, 0.717) is 5.92 Å². The monoisotopic (exact) mass is 273 g/mol. The zero-order valence-corrected chi connectivity index (χ0v) is 13.5. The number of hydrogen-bond donors (Lipinski definition) is 2. The maximum atomic E-state index is 9.46. The van der Waals surface area contributed by atoms with Crippen molar-refractivity contribution in [2.75, 3.05) is 26.4 Å². The van der Waals surface area contributed by atoms with Crippen LogP contribution < -0.4 is 5.32 Å². The number of rotatable bonds is 13. The number of nitrogens with one attached hydrogen (secondary N) is 1. The van der Waals surface area contributed by atoms with Gasteiger partial charge < -0.3 is 15.2 Å². The molecule has 2 N–H and O–H groups in total. The molecule has 116 valence electrons. The summed E-state index contributed by atoms with van der Waals surface area (Å²) >= 11 is 0. The highest BCUT2D eigenvalue weighted by atomic mass is 16.5. The first kappa shape index (κ1) is 18.9. The number of aliphatic hydroxyl groups is 1. The molecule has 0 amide bonds. The first-order valence-corrected chi connectivity index (χ1v) is 8.05. The fraction of sp³-hybridized carbons (Fsp3) is 1.00. The lowest BCUT2D eigenvalue weighted by Gasteiger charge is -2.29. The number of ether oxygens (including phenoxy) is 1. The third kappa shape index (κ3) is 9.42. The SMILES string of the molecule is CCCCC(CC)COCCC(C)(CO)NCCC. The van der Waals surface area contributed by atoms with Gasteiger partial charge in [-0.15, -0.1) is 0 Å². The van der Waals surface area contributed by atoms with Crippen molar-refractivity contribution in [2.45, 2.75) is 71.8 Å². The van der Waals surface area contributed by atoms with E-state index in [9.17, 15) is 5.11 Å². The van der Waals surface area contributed by atoms with Gasteiger partial charge in [0.2, 0.25) is 0 Å². The number of aliphatic hydroxyl groups excluding tert-OH is 1. The van der Waals surface area contributed by atoms with Crippen molar-refractivity contribution in [3.05, 3.63) is 0 Å². The second kappa shape index (κ2) is 11.7. The lowest BCUT2D eigenvalue weighted by molar-refractivity contribution is 0.0633.